The Labute approximate surface area is 127 Å². The quantitative estimate of drug-likeness (QED) is 0.794. The molecule has 1 unspecified atom stereocenters. The molecule has 1 N–H and O–H groups in total. The molecule has 4 rings (SSSR count). The van der Waals surface area contributed by atoms with Crippen molar-refractivity contribution >= 4 is 28.1 Å². The minimum atomic E-state index is 0.418. The second-order valence-electron chi connectivity index (χ2n) is 5.78. The zero-order valence-electron chi connectivity index (χ0n) is 12.2. The fraction of sp³-hybridized carbons (Fsp3) is 0.375. The number of nitrogens with zero attached hydrogens (tertiary/aromatic N) is 3. The number of aryl methyl sites for hydroxylation is 2. The number of nitrogens with one attached hydrogen (secondary N) is 1. The highest BCUT2D eigenvalue weighted by Gasteiger charge is 2.33. The van der Waals surface area contributed by atoms with Gasteiger partial charge in [-0.05, 0) is 43.2 Å². The first-order valence-corrected chi connectivity index (χ1v) is 8.19. The molecule has 1 saturated carbocycles. The topological polar surface area (TPSA) is 42.7 Å². The number of aromatic nitrogens is 3. The van der Waals surface area contributed by atoms with Crippen molar-refractivity contribution in [3.63, 3.8) is 0 Å². The van der Waals surface area contributed by atoms with E-state index in [9.17, 15) is 0 Å². The maximum absolute atomic E-state index is 4.56. The molecule has 0 saturated heterocycles. The highest BCUT2D eigenvalue weighted by Crippen LogP contribution is 2.44. The van der Waals surface area contributed by atoms with Crippen molar-refractivity contribution in [1.82, 2.24) is 14.8 Å². The van der Waals surface area contributed by atoms with E-state index < -0.39 is 0 Å². The van der Waals surface area contributed by atoms with Crippen LogP contribution < -0.4 is 5.32 Å². The van der Waals surface area contributed by atoms with Crippen LogP contribution in [-0.2, 0) is 7.05 Å². The molecule has 108 valence electrons. The molecule has 5 heteroatoms. The van der Waals surface area contributed by atoms with Gasteiger partial charge in [-0.1, -0.05) is 6.07 Å². The molecule has 0 bridgehead atoms. The first kappa shape index (κ1) is 12.8. The van der Waals surface area contributed by atoms with Gasteiger partial charge < -0.3 is 5.32 Å². The van der Waals surface area contributed by atoms with Crippen LogP contribution in [0.5, 0.6) is 0 Å². The van der Waals surface area contributed by atoms with Gasteiger partial charge >= 0.3 is 0 Å². The fourth-order valence-corrected chi connectivity index (χ4v) is 3.75. The highest BCUT2D eigenvalue weighted by molar-refractivity contribution is 7.10. The van der Waals surface area contributed by atoms with Crippen LogP contribution in [0.2, 0.25) is 0 Å². The van der Waals surface area contributed by atoms with E-state index in [1.54, 1.807) is 0 Å². The summed E-state index contributed by atoms with van der Waals surface area (Å²) in [5.74, 6) is 0.759. The van der Waals surface area contributed by atoms with Gasteiger partial charge in [0.15, 0.2) is 5.65 Å². The fourth-order valence-electron chi connectivity index (χ4n) is 2.89. The third kappa shape index (κ3) is 2.31. The summed E-state index contributed by atoms with van der Waals surface area (Å²) in [5.41, 5.74) is 3.06. The van der Waals surface area contributed by atoms with E-state index in [1.165, 1.54) is 17.7 Å². The first-order chi connectivity index (χ1) is 10.2. The third-order valence-corrected chi connectivity index (χ3v) is 5.08. The number of hydrogen-bond acceptors (Lipinski definition) is 4. The van der Waals surface area contributed by atoms with E-state index in [4.69, 9.17) is 0 Å². The number of fused-ring (bicyclic) bond motifs is 1. The maximum Gasteiger partial charge on any atom is 0.157 e. The Morgan fingerprint density at radius 1 is 1.43 bits per heavy atom. The van der Waals surface area contributed by atoms with Crippen LogP contribution in [0.4, 0.5) is 5.69 Å². The molecule has 3 aromatic rings. The van der Waals surface area contributed by atoms with Gasteiger partial charge in [0.1, 0.15) is 0 Å². The first-order valence-electron chi connectivity index (χ1n) is 7.31. The van der Waals surface area contributed by atoms with Crippen LogP contribution in [0.3, 0.4) is 0 Å². The Morgan fingerprint density at radius 3 is 3.00 bits per heavy atom. The van der Waals surface area contributed by atoms with Crippen molar-refractivity contribution in [3.8, 4) is 0 Å². The van der Waals surface area contributed by atoms with Crippen LogP contribution in [0.25, 0.3) is 11.0 Å². The number of thiophene rings is 1. The summed E-state index contributed by atoms with van der Waals surface area (Å²) in [7, 11) is 1.94. The van der Waals surface area contributed by atoms with Gasteiger partial charge in [0.05, 0.1) is 23.6 Å². The Balaban J connectivity index is 1.68. The summed E-state index contributed by atoms with van der Waals surface area (Å²) in [4.78, 5) is 5.97. The average molecular weight is 298 g/mol. The summed E-state index contributed by atoms with van der Waals surface area (Å²) in [6.07, 6.45) is 4.56. The van der Waals surface area contributed by atoms with Crippen LogP contribution in [0.1, 0.15) is 29.5 Å². The standard InChI is InChI=1S/C16H18N4S/c1-10-13-8-12(9-17-16(13)20(2)19-10)18-15(11-5-6-11)14-4-3-7-21-14/h3-4,7-9,11,15,18H,5-6H2,1-2H3. The summed E-state index contributed by atoms with van der Waals surface area (Å²) in [6, 6.07) is 6.94. The number of pyridine rings is 1. The van der Waals surface area contributed by atoms with E-state index in [-0.39, 0.29) is 0 Å². The van der Waals surface area contributed by atoms with E-state index in [1.807, 2.05) is 36.2 Å². The molecule has 1 fully saturated rings. The molecule has 0 radical (unpaired) electrons. The lowest BCUT2D eigenvalue weighted by Crippen LogP contribution is -2.11. The van der Waals surface area contributed by atoms with Gasteiger partial charge in [-0.3, -0.25) is 4.68 Å². The van der Waals surface area contributed by atoms with Crippen LogP contribution in [0.15, 0.2) is 29.8 Å². The van der Waals surface area contributed by atoms with Gasteiger partial charge in [-0.25, -0.2) is 4.98 Å². The lowest BCUT2D eigenvalue weighted by Gasteiger charge is -2.18. The van der Waals surface area contributed by atoms with Crippen molar-refractivity contribution in [3.05, 3.63) is 40.3 Å². The number of anilines is 1. The summed E-state index contributed by atoms with van der Waals surface area (Å²) in [5, 5.41) is 11.4. The molecule has 3 aromatic heterocycles. The number of rotatable bonds is 4. The zero-order valence-corrected chi connectivity index (χ0v) is 13.0. The van der Waals surface area contributed by atoms with Crippen molar-refractivity contribution in [2.75, 3.05) is 5.32 Å². The van der Waals surface area contributed by atoms with Gasteiger partial charge in [-0.15, -0.1) is 11.3 Å². The Bertz CT molecular complexity index is 771. The van der Waals surface area contributed by atoms with Gasteiger partial charge in [0.25, 0.3) is 0 Å². The molecule has 1 aliphatic carbocycles. The third-order valence-electron chi connectivity index (χ3n) is 4.13. The molecule has 4 nitrogen and oxygen atoms in total. The van der Waals surface area contributed by atoms with Crippen molar-refractivity contribution in [1.29, 1.82) is 0 Å². The molecule has 21 heavy (non-hydrogen) atoms. The molecule has 0 aromatic carbocycles. The van der Waals surface area contributed by atoms with Crippen molar-refractivity contribution in [2.24, 2.45) is 13.0 Å². The highest BCUT2D eigenvalue weighted by atomic mass is 32.1. The molecular weight excluding hydrogens is 280 g/mol. The van der Waals surface area contributed by atoms with E-state index >= 15 is 0 Å². The van der Waals surface area contributed by atoms with Gasteiger partial charge in [0.2, 0.25) is 0 Å². The van der Waals surface area contributed by atoms with Gasteiger partial charge in [0, 0.05) is 17.3 Å². The summed E-state index contributed by atoms with van der Waals surface area (Å²) >= 11 is 1.83. The molecule has 3 heterocycles. The van der Waals surface area contributed by atoms with Crippen LogP contribution in [0, 0.1) is 12.8 Å². The van der Waals surface area contributed by atoms with E-state index in [2.05, 4.69) is 39.0 Å². The Hall–Kier alpha value is -1.88. The van der Waals surface area contributed by atoms with E-state index in [0.29, 0.717) is 6.04 Å². The summed E-state index contributed by atoms with van der Waals surface area (Å²) in [6.45, 7) is 2.03. The number of hydrogen-bond donors (Lipinski definition) is 1. The maximum atomic E-state index is 4.56. The summed E-state index contributed by atoms with van der Waals surface area (Å²) < 4.78 is 1.84. The average Bonchev–Trinajstić information content (AvgIpc) is 3.10. The lowest BCUT2D eigenvalue weighted by molar-refractivity contribution is 0.691. The molecular formula is C16H18N4S. The molecule has 0 amide bonds. The molecule has 0 spiro atoms. The molecule has 1 atom stereocenters. The second-order valence-corrected chi connectivity index (χ2v) is 6.76. The van der Waals surface area contributed by atoms with Crippen molar-refractivity contribution < 1.29 is 0 Å². The predicted molar refractivity (Wildman–Crippen MR) is 86.7 cm³/mol. The van der Waals surface area contributed by atoms with Crippen molar-refractivity contribution in [2.45, 2.75) is 25.8 Å². The van der Waals surface area contributed by atoms with Crippen LogP contribution >= 0.6 is 11.3 Å². The smallest absolute Gasteiger partial charge is 0.157 e. The Kier molecular flexibility index (Phi) is 2.96. The SMILES string of the molecule is Cc1nn(C)c2ncc(NC(c3cccs3)C3CC3)cc12. The lowest BCUT2D eigenvalue weighted by atomic mass is 10.1. The normalized spacial score (nSPS) is 16.3. The van der Waals surface area contributed by atoms with Gasteiger partial charge in [-0.2, -0.15) is 5.10 Å². The van der Waals surface area contributed by atoms with Crippen LogP contribution in [-0.4, -0.2) is 14.8 Å². The minimum Gasteiger partial charge on any atom is -0.376 e. The molecule has 1 aliphatic rings. The monoisotopic (exact) mass is 298 g/mol. The second kappa shape index (κ2) is 4.84. The zero-order chi connectivity index (χ0) is 14.4. The minimum absolute atomic E-state index is 0.418. The Morgan fingerprint density at radius 2 is 2.29 bits per heavy atom. The largest absolute Gasteiger partial charge is 0.376 e. The molecule has 0 aliphatic heterocycles. The predicted octanol–water partition coefficient (Wildman–Crippen LogP) is 3.90. The van der Waals surface area contributed by atoms with E-state index in [0.717, 1.165) is 28.3 Å².